The first-order valence-corrected chi connectivity index (χ1v) is 10.4. The number of nitrogens with one attached hydrogen (secondary N) is 2. The average molecular weight is 386 g/mol. The van der Waals surface area contributed by atoms with Crippen molar-refractivity contribution in [2.75, 3.05) is 26.2 Å². The summed E-state index contributed by atoms with van der Waals surface area (Å²) in [5.74, 6) is 0.225. The Bertz CT molecular complexity index is 886. The van der Waals surface area contributed by atoms with E-state index in [1.807, 2.05) is 40.7 Å². The van der Waals surface area contributed by atoms with Crippen LogP contribution in [0.2, 0.25) is 0 Å². The summed E-state index contributed by atoms with van der Waals surface area (Å²) in [6.07, 6.45) is 1.77. The number of hydrogen-bond acceptors (Lipinski definition) is 4. The van der Waals surface area contributed by atoms with Crippen molar-refractivity contribution in [1.82, 2.24) is 24.7 Å². The number of piperidine rings is 1. The topological polar surface area (TPSA) is 73.4 Å². The summed E-state index contributed by atoms with van der Waals surface area (Å²) in [5.41, 5.74) is 1.83. The number of hydrogen-bond donors (Lipinski definition) is 2. The van der Waals surface area contributed by atoms with E-state index < -0.39 is 0 Å². The van der Waals surface area contributed by atoms with Crippen LogP contribution in [0.1, 0.15) is 39.7 Å². The van der Waals surface area contributed by atoms with Gasteiger partial charge in [0.1, 0.15) is 0 Å². The van der Waals surface area contributed by atoms with Gasteiger partial charge >= 0.3 is 5.69 Å². The lowest BCUT2D eigenvalue weighted by Gasteiger charge is -2.41. The Kier molecular flexibility index (Phi) is 5.29. The number of H-pyrrole nitrogens is 1. The molecule has 1 amide bonds. The van der Waals surface area contributed by atoms with Gasteiger partial charge in [-0.3, -0.25) is 14.3 Å². The molecule has 0 aliphatic carbocycles. The van der Waals surface area contributed by atoms with Crippen molar-refractivity contribution in [2.45, 2.75) is 57.8 Å². The van der Waals surface area contributed by atoms with Crippen LogP contribution in [-0.4, -0.2) is 69.6 Å². The number of carbonyl (C=O) groups is 1. The monoisotopic (exact) mass is 385 g/mol. The summed E-state index contributed by atoms with van der Waals surface area (Å²) in [7, 11) is 0. The number of carbonyl (C=O) groups excluding carboxylic acids is 1. The summed E-state index contributed by atoms with van der Waals surface area (Å²) in [6, 6.07) is 8.59. The summed E-state index contributed by atoms with van der Waals surface area (Å²) in [5, 5.41) is 3.48. The maximum absolute atomic E-state index is 13.0. The standard InChI is InChI=1S/C21H31N5O2/c1-14-12-25(13-15(2)22-14)20(27)16(3)24-10-8-17(9-11-24)26-19-7-5-4-6-18(19)23-21(26)28/h4-7,14-17,22H,8-13H2,1-3H3,(H,23,28)/t14-,15-,16+/m1/s1. The third-order valence-corrected chi connectivity index (χ3v) is 6.26. The van der Waals surface area contributed by atoms with Crippen molar-refractivity contribution in [3.8, 4) is 0 Å². The van der Waals surface area contributed by atoms with E-state index in [1.54, 1.807) is 0 Å². The van der Waals surface area contributed by atoms with E-state index in [2.05, 4.69) is 29.0 Å². The molecular formula is C21H31N5O2. The van der Waals surface area contributed by atoms with Gasteiger partial charge < -0.3 is 15.2 Å². The van der Waals surface area contributed by atoms with Gasteiger partial charge in [-0.1, -0.05) is 12.1 Å². The zero-order chi connectivity index (χ0) is 19.8. The highest BCUT2D eigenvalue weighted by atomic mass is 16.2. The van der Waals surface area contributed by atoms with Crippen molar-refractivity contribution in [3.05, 3.63) is 34.7 Å². The summed E-state index contributed by atoms with van der Waals surface area (Å²) < 4.78 is 1.90. The van der Waals surface area contributed by atoms with E-state index in [-0.39, 0.29) is 23.7 Å². The maximum Gasteiger partial charge on any atom is 0.326 e. The molecule has 28 heavy (non-hydrogen) atoms. The highest BCUT2D eigenvalue weighted by Gasteiger charge is 2.33. The van der Waals surface area contributed by atoms with Gasteiger partial charge in [-0.05, 0) is 45.7 Å². The molecule has 3 atom stereocenters. The van der Waals surface area contributed by atoms with Gasteiger partial charge in [0, 0.05) is 44.3 Å². The fourth-order valence-electron chi connectivity index (χ4n) is 4.90. The lowest BCUT2D eigenvalue weighted by atomic mass is 10.0. The molecule has 0 bridgehead atoms. The Morgan fingerprint density at radius 1 is 1.11 bits per heavy atom. The molecule has 2 saturated heterocycles. The minimum absolute atomic E-state index is 0.0347. The van der Waals surface area contributed by atoms with Crippen molar-refractivity contribution in [1.29, 1.82) is 0 Å². The molecule has 2 aliphatic heterocycles. The van der Waals surface area contributed by atoms with Crippen LogP contribution in [0.5, 0.6) is 0 Å². The van der Waals surface area contributed by atoms with Crippen LogP contribution in [-0.2, 0) is 4.79 Å². The SMILES string of the molecule is C[C@@H]1CN(C(=O)[C@H](C)N2CCC(n3c(=O)[nH]c4ccccc43)CC2)C[C@@H](C)N1. The smallest absolute Gasteiger partial charge is 0.326 e. The quantitative estimate of drug-likeness (QED) is 0.841. The third-order valence-electron chi connectivity index (χ3n) is 6.26. The van der Waals surface area contributed by atoms with Crippen molar-refractivity contribution < 1.29 is 4.79 Å². The number of aromatic nitrogens is 2. The molecule has 7 heteroatoms. The van der Waals surface area contributed by atoms with Crippen LogP contribution in [0.25, 0.3) is 11.0 Å². The Morgan fingerprint density at radius 3 is 2.43 bits per heavy atom. The molecule has 0 unspecified atom stereocenters. The number of imidazole rings is 1. The molecule has 2 fully saturated rings. The second-order valence-electron chi connectivity index (χ2n) is 8.47. The van der Waals surface area contributed by atoms with Gasteiger partial charge in [-0.2, -0.15) is 0 Å². The zero-order valence-electron chi connectivity index (χ0n) is 17.0. The lowest BCUT2D eigenvalue weighted by Crippen LogP contribution is -2.59. The Balaban J connectivity index is 1.41. The molecule has 2 aliphatic rings. The Morgan fingerprint density at radius 2 is 1.75 bits per heavy atom. The number of likely N-dealkylation sites (tertiary alicyclic amines) is 1. The number of para-hydroxylation sites is 2. The third kappa shape index (κ3) is 3.61. The van der Waals surface area contributed by atoms with Crippen molar-refractivity contribution in [3.63, 3.8) is 0 Å². The van der Waals surface area contributed by atoms with E-state index in [1.165, 1.54) is 0 Å². The van der Waals surface area contributed by atoms with Crippen molar-refractivity contribution >= 4 is 16.9 Å². The summed E-state index contributed by atoms with van der Waals surface area (Å²) in [6.45, 7) is 9.50. The molecule has 7 nitrogen and oxygen atoms in total. The molecule has 0 saturated carbocycles. The largest absolute Gasteiger partial charge is 0.338 e. The van der Waals surface area contributed by atoms with E-state index in [4.69, 9.17) is 0 Å². The van der Waals surface area contributed by atoms with Crippen LogP contribution in [0.3, 0.4) is 0 Å². The van der Waals surface area contributed by atoms with E-state index in [0.717, 1.165) is 50.1 Å². The number of benzene rings is 1. The molecule has 152 valence electrons. The van der Waals surface area contributed by atoms with Crippen LogP contribution < -0.4 is 11.0 Å². The van der Waals surface area contributed by atoms with Gasteiger partial charge in [0.25, 0.3) is 0 Å². The van der Waals surface area contributed by atoms with Gasteiger partial charge in [-0.15, -0.1) is 0 Å². The first-order chi connectivity index (χ1) is 13.4. The summed E-state index contributed by atoms with van der Waals surface area (Å²) in [4.78, 5) is 32.7. The molecule has 0 radical (unpaired) electrons. The van der Waals surface area contributed by atoms with Crippen LogP contribution in [0, 0.1) is 0 Å². The average Bonchev–Trinajstić information content (AvgIpc) is 3.02. The molecule has 1 aromatic heterocycles. The predicted molar refractivity (Wildman–Crippen MR) is 111 cm³/mol. The Labute approximate surface area is 165 Å². The van der Waals surface area contributed by atoms with Gasteiger partial charge in [0.15, 0.2) is 0 Å². The van der Waals surface area contributed by atoms with Crippen LogP contribution >= 0.6 is 0 Å². The van der Waals surface area contributed by atoms with E-state index in [0.29, 0.717) is 12.1 Å². The number of piperazine rings is 1. The van der Waals surface area contributed by atoms with Crippen LogP contribution in [0.4, 0.5) is 0 Å². The molecule has 0 spiro atoms. The second kappa shape index (κ2) is 7.72. The normalized spacial score (nSPS) is 25.9. The number of amides is 1. The molecule has 2 aromatic rings. The molecule has 1 aromatic carbocycles. The maximum atomic E-state index is 13.0. The molecule has 3 heterocycles. The van der Waals surface area contributed by atoms with Gasteiger partial charge in [-0.25, -0.2) is 4.79 Å². The molecule has 2 N–H and O–H groups in total. The van der Waals surface area contributed by atoms with Crippen LogP contribution in [0.15, 0.2) is 29.1 Å². The zero-order valence-corrected chi connectivity index (χ0v) is 17.0. The number of fused-ring (bicyclic) bond motifs is 1. The molecule has 4 rings (SSSR count). The first kappa shape index (κ1) is 19.2. The van der Waals surface area contributed by atoms with Gasteiger partial charge in [0.05, 0.1) is 17.1 Å². The highest BCUT2D eigenvalue weighted by molar-refractivity contribution is 5.81. The predicted octanol–water partition coefficient (Wildman–Crippen LogP) is 1.56. The fourth-order valence-corrected chi connectivity index (χ4v) is 4.90. The minimum Gasteiger partial charge on any atom is -0.338 e. The second-order valence-corrected chi connectivity index (χ2v) is 8.47. The molecular weight excluding hydrogens is 354 g/mol. The minimum atomic E-state index is -0.113. The fraction of sp³-hybridized carbons (Fsp3) is 0.619. The first-order valence-electron chi connectivity index (χ1n) is 10.4. The van der Waals surface area contributed by atoms with Gasteiger partial charge in [0.2, 0.25) is 5.91 Å². The van der Waals surface area contributed by atoms with Crippen molar-refractivity contribution in [2.24, 2.45) is 0 Å². The summed E-state index contributed by atoms with van der Waals surface area (Å²) >= 11 is 0. The van der Waals surface area contributed by atoms with E-state index >= 15 is 0 Å². The number of nitrogens with zero attached hydrogens (tertiary/aromatic N) is 3. The number of rotatable bonds is 3. The van der Waals surface area contributed by atoms with E-state index in [9.17, 15) is 9.59 Å². The highest BCUT2D eigenvalue weighted by Crippen LogP contribution is 2.26. The Hall–Kier alpha value is -2.12. The number of aromatic amines is 1. The lowest BCUT2D eigenvalue weighted by molar-refractivity contribution is -0.138.